The fraction of sp³-hybridized carbons (Fsp3) is 0.238. The molecule has 6 rings (SSSR count). The monoisotopic (exact) mass is 634 g/mol. The summed E-state index contributed by atoms with van der Waals surface area (Å²) in [5.74, 6) is -0.0979. The molecule has 2 heterocycles. The number of amides is 2. The molecule has 4 aromatic carbocycles. The smallest absolute Gasteiger partial charge is 0.252 e. The van der Waals surface area contributed by atoms with Crippen LogP contribution in [0.4, 0.5) is 0 Å². The fourth-order valence-corrected chi connectivity index (χ4v) is 6.49. The van der Waals surface area contributed by atoms with Crippen LogP contribution in [0, 0.1) is 13.8 Å². The van der Waals surface area contributed by atoms with Crippen molar-refractivity contribution in [3.8, 4) is 22.5 Å². The summed E-state index contributed by atoms with van der Waals surface area (Å²) in [4.78, 5) is 36.6. The molecule has 0 radical (unpaired) electrons. The second-order valence-corrected chi connectivity index (χ2v) is 12.3. The summed E-state index contributed by atoms with van der Waals surface area (Å²) in [6.07, 6.45) is 6.12. The van der Waals surface area contributed by atoms with Gasteiger partial charge in [0.05, 0.1) is 33.5 Å². The normalized spacial score (nSPS) is 11.1. The van der Waals surface area contributed by atoms with Gasteiger partial charge in [-0.05, 0) is 49.9 Å². The van der Waals surface area contributed by atoms with Gasteiger partial charge in [0.25, 0.3) is 11.8 Å². The molecule has 6 nitrogen and oxygen atoms in total. The number of pyridine rings is 2. The summed E-state index contributed by atoms with van der Waals surface area (Å²) in [5, 5.41) is 8.08. The van der Waals surface area contributed by atoms with Crippen molar-refractivity contribution in [1.29, 1.82) is 0 Å². The van der Waals surface area contributed by atoms with Gasteiger partial charge in [0.2, 0.25) is 0 Å². The van der Waals surface area contributed by atoms with Crippen LogP contribution in [-0.2, 0) is 0 Å². The Hall–Kier alpha value is -5.36. The summed E-state index contributed by atoms with van der Waals surface area (Å²) in [6.45, 7) is 5.24. The minimum atomic E-state index is -0.0490. The van der Waals surface area contributed by atoms with Crippen molar-refractivity contribution in [2.75, 3.05) is 13.1 Å². The average molecular weight is 635 g/mol. The number of carbonyl (C=O) groups is 2. The molecule has 2 amide bonds. The molecule has 48 heavy (non-hydrogen) atoms. The number of nitrogens with zero attached hydrogens (tertiary/aromatic N) is 2. The Bertz CT molecular complexity index is 1890. The van der Waals surface area contributed by atoms with Crippen molar-refractivity contribution in [1.82, 2.24) is 20.6 Å². The Kier molecular flexibility index (Phi) is 10.5. The van der Waals surface area contributed by atoms with Crippen LogP contribution < -0.4 is 10.6 Å². The van der Waals surface area contributed by atoms with Crippen molar-refractivity contribution in [2.45, 2.75) is 52.4 Å². The zero-order valence-corrected chi connectivity index (χ0v) is 27.8. The number of hydrogen-bond acceptors (Lipinski definition) is 4. The summed E-state index contributed by atoms with van der Waals surface area (Å²) >= 11 is 0. The second-order valence-electron chi connectivity index (χ2n) is 12.3. The molecular weight excluding hydrogens is 592 g/mol. The zero-order chi connectivity index (χ0) is 33.3. The molecular formula is C42H42N4O2. The van der Waals surface area contributed by atoms with E-state index in [-0.39, 0.29) is 11.8 Å². The summed E-state index contributed by atoms with van der Waals surface area (Å²) < 4.78 is 0. The Balaban J connectivity index is 0.960. The third kappa shape index (κ3) is 7.28. The summed E-state index contributed by atoms with van der Waals surface area (Å²) in [5.41, 5.74) is 8.55. The van der Waals surface area contributed by atoms with E-state index in [1.807, 2.05) is 123 Å². The van der Waals surface area contributed by atoms with Gasteiger partial charge >= 0.3 is 0 Å². The van der Waals surface area contributed by atoms with Crippen molar-refractivity contribution in [2.24, 2.45) is 0 Å². The van der Waals surface area contributed by atoms with E-state index in [1.165, 1.54) is 0 Å². The van der Waals surface area contributed by atoms with Gasteiger partial charge in [-0.1, -0.05) is 123 Å². The number of nitrogens with one attached hydrogen (secondary N) is 2. The van der Waals surface area contributed by atoms with Crippen LogP contribution in [0.2, 0.25) is 0 Å². The van der Waals surface area contributed by atoms with Crippen LogP contribution in [0.1, 0.15) is 70.4 Å². The van der Waals surface area contributed by atoms with Gasteiger partial charge in [-0.3, -0.25) is 9.59 Å². The first kappa shape index (κ1) is 32.6. The maximum absolute atomic E-state index is 13.4. The predicted molar refractivity (Wildman–Crippen MR) is 196 cm³/mol. The highest BCUT2D eigenvalue weighted by molar-refractivity contribution is 6.09. The topological polar surface area (TPSA) is 84.0 Å². The van der Waals surface area contributed by atoms with Crippen molar-refractivity contribution >= 4 is 33.6 Å². The first-order valence-corrected chi connectivity index (χ1v) is 17.0. The zero-order valence-electron chi connectivity index (χ0n) is 27.8. The van der Waals surface area contributed by atoms with Crippen LogP contribution >= 0.6 is 0 Å². The molecule has 2 N–H and O–H groups in total. The number of hydrogen-bond donors (Lipinski definition) is 2. The van der Waals surface area contributed by atoms with Gasteiger partial charge in [-0.15, -0.1) is 0 Å². The lowest BCUT2D eigenvalue weighted by molar-refractivity contribution is 0.0945. The fourth-order valence-electron chi connectivity index (χ4n) is 6.49. The Morgan fingerprint density at radius 1 is 0.479 bits per heavy atom. The lowest BCUT2D eigenvalue weighted by Crippen LogP contribution is -2.26. The second kappa shape index (κ2) is 15.5. The van der Waals surface area contributed by atoms with E-state index in [2.05, 4.69) is 10.6 Å². The lowest BCUT2D eigenvalue weighted by atomic mass is 9.97. The van der Waals surface area contributed by atoms with E-state index in [0.29, 0.717) is 24.2 Å². The predicted octanol–water partition coefficient (Wildman–Crippen LogP) is 9.23. The lowest BCUT2D eigenvalue weighted by Gasteiger charge is -2.15. The molecule has 0 saturated heterocycles. The first-order valence-electron chi connectivity index (χ1n) is 17.0. The quantitative estimate of drug-likeness (QED) is 0.124. The number of benzene rings is 4. The number of unbranched alkanes of at least 4 members (excludes halogenated alkanes) is 5. The first-order chi connectivity index (χ1) is 23.5. The minimum absolute atomic E-state index is 0.0490. The Morgan fingerprint density at radius 2 is 0.833 bits per heavy atom. The third-order valence-corrected chi connectivity index (χ3v) is 8.99. The van der Waals surface area contributed by atoms with Gasteiger partial charge in [0, 0.05) is 35.0 Å². The molecule has 0 aliphatic heterocycles. The van der Waals surface area contributed by atoms with Gasteiger partial charge < -0.3 is 10.6 Å². The molecule has 6 heteroatoms. The maximum atomic E-state index is 13.4. The molecule has 2 aromatic heterocycles. The molecule has 242 valence electrons. The Labute approximate surface area is 282 Å². The van der Waals surface area contributed by atoms with E-state index in [0.717, 1.165) is 94.0 Å². The molecule has 0 atom stereocenters. The maximum Gasteiger partial charge on any atom is 0.252 e. The van der Waals surface area contributed by atoms with Crippen LogP contribution in [0.3, 0.4) is 0 Å². The van der Waals surface area contributed by atoms with E-state index in [1.54, 1.807) is 0 Å². The molecule has 0 spiro atoms. The van der Waals surface area contributed by atoms with E-state index >= 15 is 0 Å². The van der Waals surface area contributed by atoms with Gasteiger partial charge in [-0.2, -0.15) is 0 Å². The van der Waals surface area contributed by atoms with Crippen molar-refractivity contribution in [3.05, 3.63) is 131 Å². The van der Waals surface area contributed by atoms with Crippen LogP contribution in [-0.4, -0.2) is 34.9 Å². The highest BCUT2D eigenvalue weighted by atomic mass is 16.2. The van der Waals surface area contributed by atoms with Crippen LogP contribution in [0.5, 0.6) is 0 Å². The van der Waals surface area contributed by atoms with Gasteiger partial charge in [-0.25, -0.2) is 9.97 Å². The number of carbonyl (C=O) groups excluding carboxylic acids is 2. The average Bonchev–Trinajstić information content (AvgIpc) is 3.12. The minimum Gasteiger partial charge on any atom is -0.352 e. The van der Waals surface area contributed by atoms with E-state index < -0.39 is 0 Å². The third-order valence-electron chi connectivity index (χ3n) is 8.99. The highest BCUT2D eigenvalue weighted by Gasteiger charge is 2.20. The molecule has 0 saturated carbocycles. The molecule has 0 aliphatic rings. The van der Waals surface area contributed by atoms with Crippen LogP contribution in [0.15, 0.2) is 109 Å². The molecule has 0 bridgehead atoms. The van der Waals surface area contributed by atoms with E-state index in [4.69, 9.17) is 9.97 Å². The number of aromatic nitrogens is 2. The van der Waals surface area contributed by atoms with Gasteiger partial charge in [0.1, 0.15) is 0 Å². The number of rotatable bonds is 13. The largest absolute Gasteiger partial charge is 0.352 e. The van der Waals surface area contributed by atoms with Crippen molar-refractivity contribution in [3.63, 3.8) is 0 Å². The summed E-state index contributed by atoms with van der Waals surface area (Å²) in [7, 11) is 0. The SMILES string of the molecule is Cc1c(-c2ccccc2)nc2ccccc2c1C(=O)NCCCCCCCCNC(=O)c1c(C)c(-c2ccccc2)nc2ccccc12. The number of para-hydroxylation sites is 2. The van der Waals surface area contributed by atoms with Gasteiger partial charge in [0.15, 0.2) is 0 Å². The molecule has 6 aromatic rings. The van der Waals surface area contributed by atoms with E-state index in [9.17, 15) is 9.59 Å². The molecule has 0 unspecified atom stereocenters. The highest BCUT2D eigenvalue weighted by Crippen LogP contribution is 2.31. The molecule has 0 fully saturated rings. The Morgan fingerprint density at radius 3 is 1.25 bits per heavy atom. The van der Waals surface area contributed by atoms with Crippen molar-refractivity contribution < 1.29 is 9.59 Å². The standard InChI is InChI=1S/C42H42N4O2/c1-29-37(33-23-13-15-25-35(33)45-39(29)31-19-9-7-10-20-31)41(47)43-27-17-5-3-4-6-18-28-44-42(48)38-30(2)40(32-21-11-8-12-22-32)46-36-26-16-14-24-34(36)38/h7-16,19-26H,3-6,17-18,27-28H2,1-2H3,(H,43,47)(H,44,48). The number of fused-ring (bicyclic) bond motifs is 2. The van der Waals surface area contributed by atoms with Crippen LogP contribution in [0.25, 0.3) is 44.3 Å². The molecule has 0 aliphatic carbocycles. The summed E-state index contributed by atoms with van der Waals surface area (Å²) in [6, 6.07) is 35.8.